The summed E-state index contributed by atoms with van der Waals surface area (Å²) in [5.74, 6) is 0. The third kappa shape index (κ3) is 3.09. The Hall–Kier alpha value is -1.38. The van der Waals surface area contributed by atoms with Gasteiger partial charge >= 0.3 is 0 Å². The van der Waals surface area contributed by atoms with Gasteiger partial charge in [-0.05, 0) is 41.8 Å². The fourth-order valence-electron chi connectivity index (χ4n) is 2.09. The molecule has 2 aromatic rings. The van der Waals surface area contributed by atoms with Crippen LogP contribution in [-0.4, -0.2) is 13.2 Å². The van der Waals surface area contributed by atoms with Crippen LogP contribution in [0.15, 0.2) is 36.4 Å². The number of hydrogen-bond acceptors (Lipinski definition) is 2. The molecule has 0 N–H and O–H groups in total. The van der Waals surface area contributed by atoms with Gasteiger partial charge in [0.2, 0.25) is 0 Å². The van der Waals surface area contributed by atoms with Crippen LogP contribution < -0.4 is 0 Å². The SMILES string of the molecule is CCOCc1cc(COCC)c2ccccc2c1. The van der Waals surface area contributed by atoms with Gasteiger partial charge in [0, 0.05) is 13.2 Å². The molecule has 2 nitrogen and oxygen atoms in total. The number of ether oxygens (including phenoxy) is 2. The van der Waals surface area contributed by atoms with Crippen molar-refractivity contribution in [2.45, 2.75) is 27.1 Å². The molecule has 18 heavy (non-hydrogen) atoms. The predicted molar refractivity (Wildman–Crippen MR) is 74.6 cm³/mol. The molecule has 0 aliphatic carbocycles. The molecule has 0 unspecified atom stereocenters. The normalized spacial score (nSPS) is 11.0. The monoisotopic (exact) mass is 244 g/mol. The first-order chi connectivity index (χ1) is 8.85. The summed E-state index contributed by atoms with van der Waals surface area (Å²) < 4.78 is 11.0. The van der Waals surface area contributed by atoms with Crippen molar-refractivity contribution in [2.24, 2.45) is 0 Å². The van der Waals surface area contributed by atoms with Crippen molar-refractivity contribution in [3.8, 4) is 0 Å². The van der Waals surface area contributed by atoms with Crippen LogP contribution in [0.2, 0.25) is 0 Å². The minimum atomic E-state index is 0.664. The topological polar surface area (TPSA) is 18.5 Å². The van der Waals surface area contributed by atoms with Gasteiger partial charge < -0.3 is 9.47 Å². The molecule has 0 saturated carbocycles. The van der Waals surface area contributed by atoms with Crippen LogP contribution in [0.25, 0.3) is 10.8 Å². The van der Waals surface area contributed by atoms with Gasteiger partial charge in [0.15, 0.2) is 0 Å². The minimum Gasteiger partial charge on any atom is -0.377 e. The number of hydrogen-bond donors (Lipinski definition) is 0. The highest BCUT2D eigenvalue weighted by atomic mass is 16.5. The largest absolute Gasteiger partial charge is 0.377 e. The maximum atomic E-state index is 5.55. The van der Waals surface area contributed by atoms with Crippen molar-refractivity contribution in [3.63, 3.8) is 0 Å². The molecule has 2 heteroatoms. The summed E-state index contributed by atoms with van der Waals surface area (Å²) in [5, 5.41) is 2.52. The van der Waals surface area contributed by atoms with E-state index in [1.165, 1.54) is 21.9 Å². The lowest BCUT2D eigenvalue weighted by atomic mass is 10.0. The minimum absolute atomic E-state index is 0.664. The first-order valence-electron chi connectivity index (χ1n) is 6.51. The molecular weight excluding hydrogens is 224 g/mol. The number of rotatable bonds is 6. The van der Waals surface area contributed by atoms with E-state index in [0.717, 1.165) is 13.2 Å². The highest BCUT2D eigenvalue weighted by molar-refractivity contribution is 5.86. The molecule has 0 fully saturated rings. The molecule has 0 heterocycles. The maximum Gasteiger partial charge on any atom is 0.0722 e. The van der Waals surface area contributed by atoms with Crippen LogP contribution in [0.3, 0.4) is 0 Å². The lowest BCUT2D eigenvalue weighted by Gasteiger charge is -2.10. The molecule has 2 rings (SSSR count). The van der Waals surface area contributed by atoms with Gasteiger partial charge in [-0.15, -0.1) is 0 Å². The zero-order valence-electron chi connectivity index (χ0n) is 11.1. The van der Waals surface area contributed by atoms with Gasteiger partial charge in [0.25, 0.3) is 0 Å². The third-order valence-corrected chi connectivity index (χ3v) is 2.94. The molecule has 2 aromatic carbocycles. The van der Waals surface area contributed by atoms with Crippen LogP contribution in [0, 0.1) is 0 Å². The zero-order valence-corrected chi connectivity index (χ0v) is 11.1. The quantitative estimate of drug-likeness (QED) is 0.767. The summed E-state index contributed by atoms with van der Waals surface area (Å²) in [5.41, 5.74) is 2.45. The molecule has 0 saturated heterocycles. The average Bonchev–Trinajstić information content (AvgIpc) is 2.42. The van der Waals surface area contributed by atoms with E-state index >= 15 is 0 Å². The van der Waals surface area contributed by atoms with Crippen molar-refractivity contribution >= 4 is 10.8 Å². The second kappa shape index (κ2) is 6.53. The second-order valence-electron chi connectivity index (χ2n) is 4.25. The van der Waals surface area contributed by atoms with Crippen molar-refractivity contribution in [1.82, 2.24) is 0 Å². The molecule has 0 spiro atoms. The Morgan fingerprint density at radius 2 is 1.61 bits per heavy atom. The van der Waals surface area contributed by atoms with Gasteiger partial charge in [0.1, 0.15) is 0 Å². The van der Waals surface area contributed by atoms with Crippen LogP contribution >= 0.6 is 0 Å². The van der Waals surface area contributed by atoms with E-state index < -0.39 is 0 Å². The summed E-state index contributed by atoms with van der Waals surface area (Å²) in [6, 6.07) is 12.8. The van der Waals surface area contributed by atoms with Gasteiger partial charge in [-0.2, -0.15) is 0 Å². The molecule has 0 aliphatic rings. The smallest absolute Gasteiger partial charge is 0.0722 e. The predicted octanol–water partition coefficient (Wildman–Crippen LogP) is 3.91. The fourth-order valence-corrected chi connectivity index (χ4v) is 2.09. The van der Waals surface area contributed by atoms with Crippen molar-refractivity contribution in [1.29, 1.82) is 0 Å². The van der Waals surface area contributed by atoms with Crippen LogP contribution in [0.4, 0.5) is 0 Å². The van der Waals surface area contributed by atoms with E-state index in [0.29, 0.717) is 13.2 Å². The van der Waals surface area contributed by atoms with E-state index in [2.05, 4.69) is 36.4 Å². The summed E-state index contributed by atoms with van der Waals surface area (Å²) >= 11 is 0. The third-order valence-electron chi connectivity index (χ3n) is 2.94. The van der Waals surface area contributed by atoms with Crippen LogP contribution in [0.5, 0.6) is 0 Å². The highest BCUT2D eigenvalue weighted by Gasteiger charge is 2.04. The molecule has 0 amide bonds. The van der Waals surface area contributed by atoms with E-state index in [-0.39, 0.29) is 0 Å². The Morgan fingerprint density at radius 1 is 0.889 bits per heavy atom. The Kier molecular flexibility index (Phi) is 4.73. The van der Waals surface area contributed by atoms with Gasteiger partial charge in [-0.1, -0.05) is 30.3 Å². The first kappa shape index (κ1) is 13.1. The Balaban J connectivity index is 2.36. The van der Waals surface area contributed by atoms with Crippen molar-refractivity contribution in [2.75, 3.05) is 13.2 Å². The molecule has 0 atom stereocenters. The van der Waals surface area contributed by atoms with Gasteiger partial charge in [0.05, 0.1) is 13.2 Å². The maximum absolute atomic E-state index is 5.55. The van der Waals surface area contributed by atoms with Crippen molar-refractivity contribution < 1.29 is 9.47 Å². The molecule has 0 aliphatic heterocycles. The second-order valence-corrected chi connectivity index (χ2v) is 4.25. The summed E-state index contributed by atoms with van der Waals surface area (Å²) in [6.07, 6.45) is 0. The molecule has 0 aromatic heterocycles. The Labute approximate surface area is 109 Å². The number of fused-ring (bicyclic) bond motifs is 1. The van der Waals surface area contributed by atoms with E-state index in [1.807, 2.05) is 13.8 Å². The lowest BCUT2D eigenvalue weighted by Crippen LogP contribution is -1.97. The number of benzene rings is 2. The fraction of sp³-hybridized carbons (Fsp3) is 0.375. The van der Waals surface area contributed by atoms with E-state index in [4.69, 9.17) is 9.47 Å². The first-order valence-corrected chi connectivity index (χ1v) is 6.51. The molecule has 0 bridgehead atoms. The van der Waals surface area contributed by atoms with E-state index in [1.54, 1.807) is 0 Å². The lowest BCUT2D eigenvalue weighted by molar-refractivity contribution is 0.130. The molecular formula is C16H20O2. The Bertz CT molecular complexity index is 505. The van der Waals surface area contributed by atoms with Crippen molar-refractivity contribution in [3.05, 3.63) is 47.5 Å². The van der Waals surface area contributed by atoms with Gasteiger partial charge in [-0.25, -0.2) is 0 Å². The van der Waals surface area contributed by atoms with Crippen LogP contribution in [0.1, 0.15) is 25.0 Å². The summed E-state index contributed by atoms with van der Waals surface area (Å²) in [4.78, 5) is 0. The summed E-state index contributed by atoms with van der Waals surface area (Å²) in [7, 11) is 0. The highest BCUT2D eigenvalue weighted by Crippen LogP contribution is 2.22. The van der Waals surface area contributed by atoms with Crippen LogP contribution in [-0.2, 0) is 22.7 Å². The van der Waals surface area contributed by atoms with Gasteiger partial charge in [-0.3, -0.25) is 0 Å². The zero-order chi connectivity index (χ0) is 12.8. The Morgan fingerprint density at radius 3 is 2.39 bits per heavy atom. The molecule has 0 radical (unpaired) electrons. The molecule has 96 valence electrons. The standard InChI is InChI=1S/C16H20O2/c1-3-17-11-13-9-14-7-5-6-8-16(14)15(10-13)12-18-4-2/h5-10H,3-4,11-12H2,1-2H3. The average molecular weight is 244 g/mol. The summed E-state index contributed by atoms with van der Waals surface area (Å²) in [6.45, 7) is 6.85. The van der Waals surface area contributed by atoms with E-state index in [9.17, 15) is 0 Å².